The molecule has 2 heteroatoms. The molecule has 2 nitrogen and oxygen atoms in total. The van der Waals surface area contributed by atoms with E-state index in [9.17, 15) is 0 Å². The maximum absolute atomic E-state index is 5.27. The molecule has 234 valence electrons. The van der Waals surface area contributed by atoms with E-state index in [0.29, 0.717) is 0 Å². The summed E-state index contributed by atoms with van der Waals surface area (Å²) in [5, 5.41) is 2.52. The van der Waals surface area contributed by atoms with Crippen LogP contribution in [0.5, 0.6) is 0 Å². The molecule has 0 amide bonds. The zero-order valence-corrected chi connectivity index (χ0v) is 27.4. The largest absolute Gasteiger partial charge is 0.309 e. The molecule has 0 saturated carbocycles. The fourth-order valence-electron chi connectivity index (χ4n) is 7.01. The molecule has 0 bridgehead atoms. The fraction of sp³-hybridized carbons (Fsp3) is 0.0208. The minimum Gasteiger partial charge on any atom is -0.309 e. The van der Waals surface area contributed by atoms with Gasteiger partial charge in [-0.3, -0.25) is 0 Å². The summed E-state index contributed by atoms with van der Waals surface area (Å²) in [7, 11) is 0. The molecule has 1 aliphatic rings. The first-order valence-electron chi connectivity index (χ1n) is 17.0. The minimum atomic E-state index is -0.0921. The molecule has 0 saturated heterocycles. The van der Waals surface area contributed by atoms with Crippen molar-refractivity contribution in [1.82, 2.24) is 4.57 Å². The van der Waals surface area contributed by atoms with Crippen LogP contribution in [0.25, 0.3) is 55.4 Å². The molecule has 1 atom stereocenters. The lowest BCUT2D eigenvalue weighted by Crippen LogP contribution is -1.98. The Labute approximate surface area is 292 Å². The van der Waals surface area contributed by atoms with Crippen LogP contribution in [0.4, 0.5) is 0 Å². The van der Waals surface area contributed by atoms with Gasteiger partial charge in [-0.05, 0) is 82.3 Å². The normalized spacial score (nSPS) is 14.0. The lowest BCUT2D eigenvalue weighted by Gasteiger charge is -2.14. The van der Waals surface area contributed by atoms with Crippen molar-refractivity contribution in [2.24, 2.45) is 4.99 Å². The van der Waals surface area contributed by atoms with Crippen LogP contribution in [0, 0.1) is 11.8 Å². The summed E-state index contributed by atoms with van der Waals surface area (Å²) in [5.41, 5.74) is 13.0. The highest BCUT2D eigenvalue weighted by molar-refractivity contribution is 6.15. The van der Waals surface area contributed by atoms with E-state index in [1.54, 1.807) is 0 Å². The summed E-state index contributed by atoms with van der Waals surface area (Å²) in [6.07, 6.45) is 2.22. The van der Waals surface area contributed by atoms with Gasteiger partial charge in [0.25, 0.3) is 0 Å². The molecular weight excluding hydrogens is 605 g/mol. The van der Waals surface area contributed by atoms with Crippen LogP contribution in [0.3, 0.4) is 0 Å². The number of aromatic nitrogens is 1. The number of para-hydroxylation sites is 2. The number of benzene rings is 7. The molecule has 0 N–H and O–H groups in total. The average Bonchev–Trinajstić information content (AvgIpc) is 3.36. The molecule has 0 fully saturated rings. The molecule has 0 spiro atoms. The number of hydrogen-bond acceptors (Lipinski definition) is 1. The Morgan fingerprint density at radius 1 is 0.440 bits per heavy atom. The van der Waals surface area contributed by atoms with Crippen molar-refractivity contribution in [2.75, 3.05) is 0 Å². The summed E-state index contributed by atoms with van der Waals surface area (Å²) in [6, 6.07) is 64.4. The van der Waals surface area contributed by atoms with Gasteiger partial charge < -0.3 is 4.57 Å². The van der Waals surface area contributed by atoms with Crippen LogP contribution in [0.2, 0.25) is 0 Å². The van der Waals surface area contributed by atoms with Crippen LogP contribution in [-0.4, -0.2) is 10.3 Å². The number of nitrogens with zero attached hydrogens (tertiary/aromatic N) is 2. The third kappa shape index (κ3) is 5.52. The van der Waals surface area contributed by atoms with E-state index in [0.717, 1.165) is 56.0 Å². The van der Waals surface area contributed by atoms with Crippen molar-refractivity contribution in [3.8, 4) is 39.8 Å². The second-order valence-electron chi connectivity index (χ2n) is 12.6. The Morgan fingerprint density at radius 3 is 1.56 bits per heavy atom. The Hall–Kier alpha value is -6.69. The van der Waals surface area contributed by atoms with E-state index in [1.165, 1.54) is 21.8 Å². The summed E-state index contributed by atoms with van der Waals surface area (Å²) in [4.78, 5) is 5.27. The summed E-state index contributed by atoms with van der Waals surface area (Å²) in [5.74, 6) is 6.86. The zero-order valence-electron chi connectivity index (χ0n) is 27.4. The van der Waals surface area contributed by atoms with E-state index in [1.807, 2.05) is 24.3 Å². The third-order valence-electron chi connectivity index (χ3n) is 9.48. The first-order chi connectivity index (χ1) is 24.8. The average molecular weight is 637 g/mol. The zero-order chi connectivity index (χ0) is 33.3. The highest BCUT2D eigenvalue weighted by atomic mass is 15.0. The van der Waals surface area contributed by atoms with E-state index in [4.69, 9.17) is 4.99 Å². The molecule has 7 aromatic carbocycles. The molecule has 2 heterocycles. The van der Waals surface area contributed by atoms with Gasteiger partial charge in [0.05, 0.1) is 22.6 Å². The first kappa shape index (κ1) is 29.4. The quantitative estimate of drug-likeness (QED) is 0.162. The van der Waals surface area contributed by atoms with E-state index in [-0.39, 0.29) is 5.92 Å². The Kier molecular flexibility index (Phi) is 7.50. The number of allylic oxidation sites excluding steroid dienone is 1. The van der Waals surface area contributed by atoms with Crippen molar-refractivity contribution in [2.45, 2.75) is 5.92 Å². The van der Waals surface area contributed by atoms with Gasteiger partial charge in [0, 0.05) is 27.6 Å². The number of rotatable bonds is 6. The molecular formula is C48H32N2. The summed E-state index contributed by atoms with van der Waals surface area (Å²) in [6.45, 7) is 0. The topological polar surface area (TPSA) is 17.3 Å². The van der Waals surface area contributed by atoms with Crippen LogP contribution in [0.15, 0.2) is 193 Å². The lowest BCUT2D eigenvalue weighted by atomic mass is 9.93. The van der Waals surface area contributed by atoms with Gasteiger partial charge >= 0.3 is 0 Å². The Morgan fingerprint density at radius 2 is 0.940 bits per heavy atom. The van der Waals surface area contributed by atoms with Gasteiger partial charge in [-0.25, -0.2) is 4.99 Å². The summed E-state index contributed by atoms with van der Waals surface area (Å²) < 4.78 is 2.36. The Bertz CT molecular complexity index is 2560. The number of fused-ring (bicyclic) bond motifs is 3. The van der Waals surface area contributed by atoms with Crippen molar-refractivity contribution in [3.63, 3.8) is 0 Å². The smallest absolute Gasteiger partial charge is 0.121 e. The molecule has 1 unspecified atom stereocenters. The molecule has 8 aromatic rings. The highest BCUT2D eigenvalue weighted by Crippen LogP contribution is 2.36. The highest BCUT2D eigenvalue weighted by Gasteiger charge is 2.17. The van der Waals surface area contributed by atoms with Crippen molar-refractivity contribution < 1.29 is 0 Å². The second kappa shape index (κ2) is 12.7. The lowest BCUT2D eigenvalue weighted by molar-refractivity contribution is 1.13. The number of aliphatic imine (C=N–C) groups is 1. The Balaban J connectivity index is 1.19. The van der Waals surface area contributed by atoms with Crippen LogP contribution >= 0.6 is 0 Å². The summed E-state index contributed by atoms with van der Waals surface area (Å²) >= 11 is 0. The molecule has 1 aliphatic heterocycles. The maximum Gasteiger partial charge on any atom is 0.121 e. The van der Waals surface area contributed by atoms with Crippen LogP contribution < -0.4 is 0 Å². The van der Waals surface area contributed by atoms with Gasteiger partial charge in [-0.15, -0.1) is 0 Å². The standard InChI is InChI=1S/C48H32N2/c1-4-14-34(15-5-1)38-26-29-45(37-18-8-3-9-19-37)49-46(33-38)41-31-39(35-16-6-2-7-17-35)30-40(32-41)36-24-27-42(28-25-36)50-47-22-12-10-20-43(47)44-21-11-13-23-48(44)50/h1-25,27-28,30-33,38H. The predicted octanol–water partition coefficient (Wildman–Crippen LogP) is 11.7. The minimum absolute atomic E-state index is 0.0921. The van der Waals surface area contributed by atoms with Gasteiger partial charge in [0.15, 0.2) is 0 Å². The van der Waals surface area contributed by atoms with Gasteiger partial charge in [-0.1, -0.05) is 145 Å². The fourth-order valence-corrected chi connectivity index (χ4v) is 7.01. The predicted molar refractivity (Wildman–Crippen MR) is 210 cm³/mol. The molecule has 0 radical (unpaired) electrons. The SMILES string of the molecule is C1#CC(c2ccccc2)C=C(c2cc(-c3ccccc3)cc(-c3ccc(-n4c5ccccc5c5ccccc54)cc3)c2)N=C1c1ccccc1. The maximum atomic E-state index is 5.27. The second-order valence-corrected chi connectivity index (χ2v) is 12.6. The van der Waals surface area contributed by atoms with E-state index < -0.39 is 0 Å². The molecule has 1 aromatic heterocycles. The monoisotopic (exact) mass is 636 g/mol. The van der Waals surface area contributed by atoms with Crippen molar-refractivity contribution in [1.29, 1.82) is 0 Å². The van der Waals surface area contributed by atoms with Gasteiger partial charge in [0.2, 0.25) is 0 Å². The number of hydrogen-bond donors (Lipinski definition) is 0. The van der Waals surface area contributed by atoms with Gasteiger partial charge in [-0.2, -0.15) is 0 Å². The third-order valence-corrected chi connectivity index (χ3v) is 9.48. The van der Waals surface area contributed by atoms with Crippen LogP contribution in [-0.2, 0) is 0 Å². The van der Waals surface area contributed by atoms with Crippen molar-refractivity contribution >= 4 is 33.2 Å². The molecule has 0 aliphatic carbocycles. The van der Waals surface area contributed by atoms with E-state index in [2.05, 4.69) is 180 Å². The van der Waals surface area contributed by atoms with Crippen LogP contribution in [0.1, 0.15) is 22.6 Å². The van der Waals surface area contributed by atoms with Crippen molar-refractivity contribution in [3.05, 3.63) is 205 Å². The first-order valence-corrected chi connectivity index (χ1v) is 17.0. The molecule has 50 heavy (non-hydrogen) atoms. The van der Waals surface area contributed by atoms with Gasteiger partial charge in [0.1, 0.15) is 5.71 Å². The molecule has 9 rings (SSSR count). The van der Waals surface area contributed by atoms with E-state index >= 15 is 0 Å².